The third-order valence-corrected chi connectivity index (χ3v) is 4.01. The van der Waals surface area contributed by atoms with E-state index in [2.05, 4.69) is 30.9 Å². The van der Waals surface area contributed by atoms with Gasteiger partial charge in [-0.3, -0.25) is 9.67 Å². The number of aryl methyl sites for hydroxylation is 1. The lowest BCUT2D eigenvalue weighted by Crippen LogP contribution is -2.10. The highest BCUT2D eigenvalue weighted by atomic mass is 16.3. The number of hydrogen-bond donors (Lipinski definition) is 1. The van der Waals surface area contributed by atoms with Crippen LogP contribution in [0.1, 0.15) is 62.7 Å². The monoisotopic (exact) mass is 287 g/mol. The van der Waals surface area contributed by atoms with Gasteiger partial charge in [-0.05, 0) is 37.0 Å². The molecule has 2 aromatic heterocycles. The van der Waals surface area contributed by atoms with Crippen molar-refractivity contribution in [1.82, 2.24) is 14.8 Å². The standard InChI is InChI=1S/C17H25N3O/c1-4-13-8-7-10-18-17(13)16(21)12-14-9-11-20(19-14)15(5-2)6-3/h7-11,15-16,21H,4-6,12H2,1-3H3. The minimum Gasteiger partial charge on any atom is -0.386 e. The molecule has 4 nitrogen and oxygen atoms in total. The third-order valence-electron chi connectivity index (χ3n) is 4.01. The molecule has 1 atom stereocenters. The molecule has 0 amide bonds. The van der Waals surface area contributed by atoms with Crippen LogP contribution in [0.5, 0.6) is 0 Å². The largest absolute Gasteiger partial charge is 0.386 e. The van der Waals surface area contributed by atoms with Gasteiger partial charge in [0.05, 0.1) is 17.4 Å². The highest BCUT2D eigenvalue weighted by molar-refractivity contribution is 5.22. The predicted molar refractivity (Wildman–Crippen MR) is 84.1 cm³/mol. The molecule has 1 N–H and O–H groups in total. The van der Waals surface area contributed by atoms with Crippen molar-refractivity contribution < 1.29 is 5.11 Å². The fraction of sp³-hybridized carbons (Fsp3) is 0.529. The third kappa shape index (κ3) is 3.70. The van der Waals surface area contributed by atoms with Crippen LogP contribution in [0.4, 0.5) is 0 Å². The second kappa shape index (κ2) is 7.36. The molecule has 0 saturated carbocycles. The fourth-order valence-corrected chi connectivity index (χ4v) is 2.70. The molecule has 21 heavy (non-hydrogen) atoms. The van der Waals surface area contributed by atoms with Gasteiger partial charge >= 0.3 is 0 Å². The van der Waals surface area contributed by atoms with Crippen molar-refractivity contribution in [2.45, 2.75) is 58.6 Å². The van der Waals surface area contributed by atoms with E-state index >= 15 is 0 Å². The van der Waals surface area contributed by atoms with E-state index in [4.69, 9.17) is 0 Å². The van der Waals surface area contributed by atoms with Gasteiger partial charge in [-0.2, -0.15) is 5.10 Å². The van der Waals surface area contributed by atoms with E-state index in [9.17, 15) is 5.11 Å². The summed E-state index contributed by atoms with van der Waals surface area (Å²) in [6.45, 7) is 6.42. The second-order valence-electron chi connectivity index (χ2n) is 5.38. The van der Waals surface area contributed by atoms with E-state index in [-0.39, 0.29) is 0 Å². The van der Waals surface area contributed by atoms with Crippen LogP contribution in [-0.4, -0.2) is 19.9 Å². The Labute approximate surface area is 126 Å². The molecule has 0 spiro atoms. The van der Waals surface area contributed by atoms with Gasteiger partial charge in [0, 0.05) is 18.8 Å². The highest BCUT2D eigenvalue weighted by Crippen LogP contribution is 2.21. The van der Waals surface area contributed by atoms with Crippen LogP contribution in [-0.2, 0) is 12.8 Å². The summed E-state index contributed by atoms with van der Waals surface area (Å²) in [6.07, 6.45) is 6.69. The quantitative estimate of drug-likeness (QED) is 0.848. The number of rotatable bonds is 7. The molecule has 0 saturated heterocycles. The zero-order chi connectivity index (χ0) is 15.2. The van der Waals surface area contributed by atoms with Gasteiger partial charge in [0.1, 0.15) is 6.10 Å². The zero-order valence-corrected chi connectivity index (χ0v) is 13.2. The van der Waals surface area contributed by atoms with Crippen LogP contribution in [0.25, 0.3) is 0 Å². The number of aromatic nitrogens is 3. The number of nitrogens with zero attached hydrogens (tertiary/aromatic N) is 3. The van der Waals surface area contributed by atoms with Crippen molar-refractivity contribution in [2.24, 2.45) is 0 Å². The minimum absolute atomic E-state index is 0.442. The van der Waals surface area contributed by atoms with Gasteiger partial charge < -0.3 is 5.11 Å². The highest BCUT2D eigenvalue weighted by Gasteiger charge is 2.16. The van der Waals surface area contributed by atoms with Gasteiger partial charge in [0.25, 0.3) is 0 Å². The lowest BCUT2D eigenvalue weighted by atomic mass is 10.0. The number of aliphatic hydroxyl groups excluding tert-OH is 1. The number of aliphatic hydroxyl groups is 1. The SMILES string of the molecule is CCc1cccnc1C(O)Cc1ccn(C(CC)CC)n1. The summed E-state index contributed by atoms with van der Waals surface area (Å²) < 4.78 is 2.02. The Kier molecular flexibility index (Phi) is 5.51. The molecule has 0 bridgehead atoms. The molecule has 2 heterocycles. The molecule has 2 aromatic rings. The normalized spacial score (nSPS) is 12.8. The van der Waals surface area contributed by atoms with Crippen molar-refractivity contribution in [3.63, 3.8) is 0 Å². The Hall–Kier alpha value is -1.68. The zero-order valence-electron chi connectivity index (χ0n) is 13.2. The van der Waals surface area contributed by atoms with Crippen molar-refractivity contribution >= 4 is 0 Å². The van der Waals surface area contributed by atoms with E-state index < -0.39 is 6.10 Å². The molecule has 2 rings (SSSR count). The molecule has 0 aliphatic rings. The molecule has 114 valence electrons. The first kappa shape index (κ1) is 15.7. The van der Waals surface area contributed by atoms with Crippen LogP contribution in [0.2, 0.25) is 0 Å². The van der Waals surface area contributed by atoms with Gasteiger partial charge in [-0.25, -0.2) is 0 Å². The average Bonchev–Trinajstić information content (AvgIpc) is 2.96. The topological polar surface area (TPSA) is 50.9 Å². The molecule has 0 aliphatic carbocycles. The van der Waals surface area contributed by atoms with Crippen molar-refractivity contribution in [2.75, 3.05) is 0 Å². The lowest BCUT2D eigenvalue weighted by molar-refractivity contribution is 0.171. The van der Waals surface area contributed by atoms with Crippen molar-refractivity contribution in [1.29, 1.82) is 0 Å². The minimum atomic E-state index is -0.591. The maximum absolute atomic E-state index is 10.4. The Morgan fingerprint density at radius 3 is 2.62 bits per heavy atom. The second-order valence-corrected chi connectivity index (χ2v) is 5.38. The Morgan fingerprint density at radius 1 is 1.19 bits per heavy atom. The summed E-state index contributed by atoms with van der Waals surface area (Å²) in [5.41, 5.74) is 2.80. The Morgan fingerprint density at radius 2 is 1.95 bits per heavy atom. The van der Waals surface area contributed by atoms with E-state index in [1.807, 2.05) is 29.1 Å². The molecular formula is C17H25N3O. The van der Waals surface area contributed by atoms with E-state index in [1.54, 1.807) is 6.20 Å². The molecule has 1 unspecified atom stereocenters. The van der Waals surface area contributed by atoms with E-state index in [1.165, 1.54) is 0 Å². The summed E-state index contributed by atoms with van der Waals surface area (Å²) >= 11 is 0. The number of pyridine rings is 1. The Balaban J connectivity index is 2.11. The van der Waals surface area contributed by atoms with Gasteiger partial charge in [0.2, 0.25) is 0 Å². The maximum atomic E-state index is 10.4. The van der Waals surface area contributed by atoms with Crippen LogP contribution in [0.3, 0.4) is 0 Å². The molecule has 0 aliphatic heterocycles. The first-order chi connectivity index (χ1) is 10.2. The molecule has 4 heteroatoms. The van der Waals surface area contributed by atoms with Crippen LogP contribution in [0, 0.1) is 0 Å². The maximum Gasteiger partial charge on any atom is 0.102 e. The first-order valence-electron chi connectivity index (χ1n) is 7.85. The molecule has 0 fully saturated rings. The first-order valence-corrected chi connectivity index (χ1v) is 7.85. The number of hydrogen-bond acceptors (Lipinski definition) is 3. The summed E-state index contributed by atoms with van der Waals surface area (Å²) in [7, 11) is 0. The lowest BCUT2D eigenvalue weighted by Gasteiger charge is -2.14. The summed E-state index contributed by atoms with van der Waals surface area (Å²) in [5, 5.41) is 15.0. The van der Waals surface area contributed by atoms with Gasteiger partial charge in [-0.1, -0.05) is 26.8 Å². The average molecular weight is 287 g/mol. The van der Waals surface area contributed by atoms with Crippen molar-refractivity contribution in [3.05, 3.63) is 47.5 Å². The van der Waals surface area contributed by atoms with Gasteiger partial charge in [-0.15, -0.1) is 0 Å². The Bertz CT molecular complexity index is 561. The van der Waals surface area contributed by atoms with E-state index in [0.717, 1.165) is 36.2 Å². The van der Waals surface area contributed by atoms with E-state index in [0.29, 0.717) is 12.5 Å². The predicted octanol–water partition coefficient (Wildman–Crippen LogP) is 3.48. The fourth-order valence-electron chi connectivity index (χ4n) is 2.70. The summed E-state index contributed by atoms with van der Waals surface area (Å²) in [4.78, 5) is 4.34. The molecular weight excluding hydrogens is 262 g/mol. The molecule has 0 aromatic carbocycles. The van der Waals surface area contributed by atoms with Crippen LogP contribution >= 0.6 is 0 Å². The van der Waals surface area contributed by atoms with Gasteiger partial charge in [0.15, 0.2) is 0 Å². The van der Waals surface area contributed by atoms with Crippen molar-refractivity contribution in [3.8, 4) is 0 Å². The smallest absolute Gasteiger partial charge is 0.102 e. The van der Waals surface area contributed by atoms with Crippen LogP contribution < -0.4 is 0 Å². The molecule has 0 radical (unpaired) electrons. The summed E-state index contributed by atoms with van der Waals surface area (Å²) in [5.74, 6) is 0. The van der Waals surface area contributed by atoms with Crippen LogP contribution in [0.15, 0.2) is 30.6 Å². The summed E-state index contributed by atoms with van der Waals surface area (Å²) in [6, 6.07) is 6.37.